The number of amides is 1. The van der Waals surface area contributed by atoms with Crippen molar-refractivity contribution < 1.29 is 4.79 Å². The van der Waals surface area contributed by atoms with E-state index in [-0.39, 0.29) is 11.8 Å². The van der Waals surface area contributed by atoms with Crippen LogP contribution in [0.4, 0.5) is 0 Å². The molecule has 1 amide bonds. The first kappa shape index (κ1) is 15.7. The third kappa shape index (κ3) is 3.28. The van der Waals surface area contributed by atoms with Crippen molar-refractivity contribution in [3.63, 3.8) is 0 Å². The van der Waals surface area contributed by atoms with Gasteiger partial charge in [0.2, 0.25) is 0 Å². The molecule has 1 aromatic carbocycles. The van der Waals surface area contributed by atoms with Crippen molar-refractivity contribution in [1.29, 1.82) is 0 Å². The van der Waals surface area contributed by atoms with Gasteiger partial charge in [-0.05, 0) is 17.5 Å². The summed E-state index contributed by atoms with van der Waals surface area (Å²) < 4.78 is 0. The standard InChI is InChI=1S/C16H15ClN4OS/c1-9(2)14-10-5-3-4-6-11(10)19-15(14)16(22)21-18-7-13-20-12(17)8-23-13/h3-9,19H,1-2H3,(H,21,22). The number of nitrogens with zero attached hydrogens (tertiary/aromatic N) is 2. The van der Waals surface area contributed by atoms with Gasteiger partial charge in [-0.15, -0.1) is 11.3 Å². The molecule has 0 aliphatic carbocycles. The molecular formula is C16H15ClN4OS. The summed E-state index contributed by atoms with van der Waals surface area (Å²) in [6.45, 7) is 4.13. The van der Waals surface area contributed by atoms with Crippen LogP contribution in [0.5, 0.6) is 0 Å². The van der Waals surface area contributed by atoms with Gasteiger partial charge >= 0.3 is 0 Å². The summed E-state index contributed by atoms with van der Waals surface area (Å²) in [6, 6.07) is 7.88. The number of fused-ring (bicyclic) bond motifs is 1. The average molecular weight is 347 g/mol. The first-order chi connectivity index (χ1) is 11.1. The van der Waals surface area contributed by atoms with Crippen molar-refractivity contribution >= 4 is 46.0 Å². The van der Waals surface area contributed by atoms with E-state index in [1.807, 2.05) is 24.3 Å². The topological polar surface area (TPSA) is 70.1 Å². The highest BCUT2D eigenvalue weighted by atomic mass is 35.5. The van der Waals surface area contributed by atoms with Crippen LogP contribution in [0.3, 0.4) is 0 Å². The number of aromatic amines is 1. The molecule has 7 heteroatoms. The third-order valence-corrected chi connectivity index (χ3v) is 4.49. The molecular weight excluding hydrogens is 332 g/mol. The quantitative estimate of drug-likeness (QED) is 0.550. The lowest BCUT2D eigenvalue weighted by atomic mass is 9.99. The highest BCUT2D eigenvalue weighted by molar-refractivity contribution is 7.11. The zero-order valence-electron chi connectivity index (χ0n) is 12.6. The van der Waals surface area contributed by atoms with Crippen LogP contribution < -0.4 is 5.43 Å². The summed E-state index contributed by atoms with van der Waals surface area (Å²) in [5.74, 6) is -0.0579. The molecule has 0 aliphatic rings. The Hall–Kier alpha value is -2.18. The Bertz CT molecular complexity index is 881. The number of halogens is 1. The summed E-state index contributed by atoms with van der Waals surface area (Å²) in [5, 5.41) is 7.77. The van der Waals surface area contributed by atoms with Crippen molar-refractivity contribution in [2.24, 2.45) is 5.10 Å². The molecule has 118 valence electrons. The normalized spacial score (nSPS) is 11.7. The number of hydrogen-bond donors (Lipinski definition) is 2. The van der Waals surface area contributed by atoms with Gasteiger partial charge in [-0.3, -0.25) is 4.79 Å². The number of nitrogens with one attached hydrogen (secondary N) is 2. The second kappa shape index (κ2) is 6.52. The molecule has 0 atom stereocenters. The van der Waals surface area contributed by atoms with E-state index in [0.29, 0.717) is 15.9 Å². The molecule has 0 radical (unpaired) electrons. The molecule has 0 aliphatic heterocycles. The molecule has 0 fully saturated rings. The first-order valence-electron chi connectivity index (χ1n) is 7.11. The first-order valence-corrected chi connectivity index (χ1v) is 8.37. The Balaban J connectivity index is 1.86. The van der Waals surface area contributed by atoms with E-state index in [1.165, 1.54) is 17.6 Å². The van der Waals surface area contributed by atoms with Crippen LogP contribution >= 0.6 is 22.9 Å². The smallest absolute Gasteiger partial charge is 0.288 e. The van der Waals surface area contributed by atoms with Crippen LogP contribution in [0.1, 0.15) is 40.8 Å². The Labute approximate surface area is 142 Å². The van der Waals surface area contributed by atoms with Gasteiger partial charge in [-0.1, -0.05) is 43.6 Å². The van der Waals surface area contributed by atoms with Gasteiger partial charge in [0, 0.05) is 16.3 Å². The Morgan fingerprint density at radius 3 is 2.91 bits per heavy atom. The summed E-state index contributed by atoms with van der Waals surface area (Å²) in [5.41, 5.74) is 5.01. The Morgan fingerprint density at radius 1 is 1.43 bits per heavy atom. The van der Waals surface area contributed by atoms with Gasteiger partial charge in [0.05, 0.1) is 6.21 Å². The molecule has 3 aromatic rings. The fraction of sp³-hybridized carbons (Fsp3) is 0.188. The molecule has 0 bridgehead atoms. The lowest BCUT2D eigenvalue weighted by Crippen LogP contribution is -2.19. The van der Waals surface area contributed by atoms with E-state index >= 15 is 0 Å². The van der Waals surface area contributed by atoms with Crippen molar-refractivity contribution in [2.75, 3.05) is 0 Å². The van der Waals surface area contributed by atoms with E-state index in [2.05, 4.69) is 34.3 Å². The van der Waals surface area contributed by atoms with E-state index in [4.69, 9.17) is 11.6 Å². The third-order valence-electron chi connectivity index (χ3n) is 3.39. The maximum atomic E-state index is 12.4. The predicted molar refractivity (Wildman–Crippen MR) is 94.6 cm³/mol. The second-order valence-electron chi connectivity index (χ2n) is 5.32. The molecule has 0 saturated carbocycles. The predicted octanol–water partition coefficient (Wildman–Crippen LogP) is 4.17. The van der Waals surface area contributed by atoms with Crippen LogP contribution in [-0.2, 0) is 0 Å². The summed E-state index contributed by atoms with van der Waals surface area (Å²) in [4.78, 5) is 19.7. The molecule has 0 spiro atoms. The number of aromatic nitrogens is 2. The molecule has 3 rings (SSSR count). The molecule has 2 aromatic heterocycles. The van der Waals surface area contributed by atoms with Crippen LogP contribution in [0, 0.1) is 0 Å². The van der Waals surface area contributed by atoms with Crippen molar-refractivity contribution in [2.45, 2.75) is 19.8 Å². The van der Waals surface area contributed by atoms with Gasteiger partial charge in [0.25, 0.3) is 5.91 Å². The lowest BCUT2D eigenvalue weighted by molar-refractivity contribution is 0.0949. The van der Waals surface area contributed by atoms with Crippen LogP contribution in [0.15, 0.2) is 34.7 Å². The number of thiazole rings is 1. The zero-order valence-corrected chi connectivity index (χ0v) is 14.2. The Morgan fingerprint density at radius 2 is 2.22 bits per heavy atom. The van der Waals surface area contributed by atoms with Gasteiger partial charge in [-0.25, -0.2) is 10.4 Å². The minimum Gasteiger partial charge on any atom is -0.350 e. The van der Waals surface area contributed by atoms with Crippen LogP contribution in [0.2, 0.25) is 5.15 Å². The van der Waals surface area contributed by atoms with Crippen molar-refractivity contribution in [3.8, 4) is 0 Å². The average Bonchev–Trinajstić information content (AvgIpc) is 3.10. The van der Waals surface area contributed by atoms with Gasteiger partial charge in [0.1, 0.15) is 15.9 Å². The van der Waals surface area contributed by atoms with Crippen LogP contribution in [0.25, 0.3) is 10.9 Å². The molecule has 0 unspecified atom stereocenters. The summed E-state index contributed by atoms with van der Waals surface area (Å²) in [6.07, 6.45) is 1.48. The fourth-order valence-electron chi connectivity index (χ4n) is 2.47. The largest absolute Gasteiger partial charge is 0.350 e. The van der Waals surface area contributed by atoms with E-state index in [0.717, 1.165) is 16.5 Å². The summed E-state index contributed by atoms with van der Waals surface area (Å²) >= 11 is 7.10. The van der Waals surface area contributed by atoms with Crippen molar-refractivity contribution in [1.82, 2.24) is 15.4 Å². The number of rotatable bonds is 4. The zero-order chi connectivity index (χ0) is 16.4. The fourth-order valence-corrected chi connectivity index (χ4v) is 3.28. The van der Waals surface area contributed by atoms with E-state index < -0.39 is 0 Å². The molecule has 5 nitrogen and oxygen atoms in total. The highest BCUT2D eigenvalue weighted by Gasteiger charge is 2.19. The number of carbonyl (C=O) groups is 1. The minimum atomic E-state index is -0.274. The highest BCUT2D eigenvalue weighted by Crippen LogP contribution is 2.29. The number of benzene rings is 1. The Kier molecular flexibility index (Phi) is 4.45. The number of H-pyrrole nitrogens is 1. The maximum Gasteiger partial charge on any atom is 0.288 e. The van der Waals surface area contributed by atoms with E-state index in [9.17, 15) is 4.79 Å². The van der Waals surface area contributed by atoms with E-state index in [1.54, 1.807) is 5.38 Å². The second-order valence-corrected chi connectivity index (χ2v) is 6.60. The number of carbonyl (C=O) groups excluding carboxylic acids is 1. The lowest BCUT2D eigenvalue weighted by Gasteiger charge is -2.06. The molecule has 2 heterocycles. The number of hydrazone groups is 1. The monoisotopic (exact) mass is 346 g/mol. The SMILES string of the molecule is CC(C)c1c(C(=O)NN=Cc2nc(Cl)cs2)[nH]c2ccccc12. The molecule has 0 saturated heterocycles. The van der Waals surface area contributed by atoms with Gasteiger partial charge in [-0.2, -0.15) is 5.10 Å². The number of hydrogen-bond acceptors (Lipinski definition) is 4. The minimum absolute atomic E-state index is 0.216. The number of para-hydroxylation sites is 1. The van der Waals surface area contributed by atoms with Gasteiger partial charge in [0.15, 0.2) is 0 Å². The van der Waals surface area contributed by atoms with Crippen molar-refractivity contribution in [3.05, 3.63) is 51.1 Å². The summed E-state index contributed by atoms with van der Waals surface area (Å²) in [7, 11) is 0. The van der Waals surface area contributed by atoms with Crippen LogP contribution in [-0.4, -0.2) is 22.1 Å². The maximum absolute atomic E-state index is 12.4. The molecule has 23 heavy (non-hydrogen) atoms. The van der Waals surface area contributed by atoms with Gasteiger partial charge < -0.3 is 4.98 Å². The molecule has 2 N–H and O–H groups in total.